The van der Waals surface area contributed by atoms with Crippen molar-refractivity contribution in [2.75, 3.05) is 33.1 Å². The van der Waals surface area contributed by atoms with E-state index in [1.54, 1.807) is 19.2 Å². The molecule has 136 valence electrons. The first-order valence-electron chi connectivity index (χ1n) is 7.91. The second kappa shape index (κ2) is 9.35. The van der Waals surface area contributed by atoms with Crippen LogP contribution in [0.4, 0.5) is 5.69 Å². The van der Waals surface area contributed by atoms with Crippen LogP contribution < -0.4 is 15.8 Å². The van der Waals surface area contributed by atoms with E-state index in [2.05, 4.69) is 5.32 Å². The van der Waals surface area contributed by atoms with Gasteiger partial charge in [-0.3, -0.25) is 4.79 Å². The van der Waals surface area contributed by atoms with E-state index in [1.165, 1.54) is 20.0 Å². The van der Waals surface area contributed by atoms with Gasteiger partial charge in [0.15, 0.2) is 0 Å². The number of hydrogen-bond donors (Lipinski definition) is 2. The first-order chi connectivity index (χ1) is 11.0. The summed E-state index contributed by atoms with van der Waals surface area (Å²) in [4.78, 5) is 12.5. The van der Waals surface area contributed by atoms with Crippen LogP contribution >= 0.6 is 24.0 Å². The average molecular weight is 377 g/mol. The highest BCUT2D eigenvalue weighted by molar-refractivity contribution is 6.33. The minimum absolute atomic E-state index is 0. The number of carbonyl (C=O) groups excluding carboxylic acids is 1. The molecule has 1 amide bonds. The van der Waals surface area contributed by atoms with E-state index in [0.717, 1.165) is 19.3 Å². The Morgan fingerprint density at radius 3 is 2.58 bits per heavy atom. The Labute approximate surface area is 154 Å². The predicted molar refractivity (Wildman–Crippen MR) is 99.4 cm³/mol. The average Bonchev–Trinajstić information content (AvgIpc) is 3.02. The Hall–Kier alpha value is -1.17. The van der Waals surface area contributed by atoms with Crippen LogP contribution in [0.15, 0.2) is 12.1 Å². The fourth-order valence-electron chi connectivity index (χ4n) is 3.24. The zero-order chi connectivity index (χ0) is 16.9. The maximum atomic E-state index is 12.5. The molecule has 0 saturated heterocycles. The monoisotopic (exact) mass is 376 g/mol. The summed E-state index contributed by atoms with van der Waals surface area (Å²) in [7, 11) is 3.22. The molecule has 0 aliphatic heterocycles. The molecule has 0 spiro atoms. The topological polar surface area (TPSA) is 73.6 Å². The van der Waals surface area contributed by atoms with E-state index in [4.69, 9.17) is 26.8 Å². The molecule has 3 N–H and O–H groups in total. The van der Waals surface area contributed by atoms with E-state index in [1.807, 2.05) is 0 Å². The van der Waals surface area contributed by atoms with Gasteiger partial charge in [-0.25, -0.2) is 0 Å². The van der Waals surface area contributed by atoms with Crippen molar-refractivity contribution in [2.45, 2.75) is 32.1 Å². The maximum absolute atomic E-state index is 12.5. The van der Waals surface area contributed by atoms with Gasteiger partial charge in [-0.15, -0.1) is 12.4 Å². The lowest BCUT2D eigenvalue weighted by Crippen LogP contribution is -2.37. The minimum atomic E-state index is -0.188. The first kappa shape index (κ1) is 20.9. The summed E-state index contributed by atoms with van der Waals surface area (Å²) in [5, 5.41) is 3.39. The van der Waals surface area contributed by atoms with Crippen molar-refractivity contribution in [3.8, 4) is 5.75 Å². The van der Waals surface area contributed by atoms with E-state index >= 15 is 0 Å². The van der Waals surface area contributed by atoms with Gasteiger partial charge in [0.2, 0.25) is 0 Å². The lowest BCUT2D eigenvalue weighted by molar-refractivity contribution is 0.0900. The predicted octanol–water partition coefficient (Wildman–Crippen LogP) is 3.68. The van der Waals surface area contributed by atoms with Crippen molar-refractivity contribution in [1.82, 2.24) is 5.32 Å². The number of carbonyl (C=O) groups is 1. The molecule has 24 heavy (non-hydrogen) atoms. The van der Waals surface area contributed by atoms with Gasteiger partial charge in [0, 0.05) is 26.3 Å². The zero-order valence-corrected chi connectivity index (χ0v) is 15.8. The van der Waals surface area contributed by atoms with Crippen LogP contribution in [0.1, 0.15) is 42.5 Å². The van der Waals surface area contributed by atoms with Gasteiger partial charge in [-0.05, 0) is 30.7 Å². The summed E-state index contributed by atoms with van der Waals surface area (Å²) in [6, 6.07) is 3.13. The third-order valence-corrected chi connectivity index (χ3v) is 5.02. The van der Waals surface area contributed by atoms with E-state index in [0.29, 0.717) is 35.2 Å². The number of rotatable bonds is 7. The molecule has 1 fully saturated rings. The number of methoxy groups -OCH3 is 2. The molecule has 1 aliphatic rings. The number of benzene rings is 1. The number of nitrogen functional groups attached to an aromatic ring is 1. The molecule has 2 rings (SSSR count). The van der Waals surface area contributed by atoms with Crippen LogP contribution in [0, 0.1) is 5.41 Å². The Morgan fingerprint density at radius 2 is 2.00 bits per heavy atom. The summed E-state index contributed by atoms with van der Waals surface area (Å²) in [5.74, 6) is 0.245. The third-order valence-electron chi connectivity index (χ3n) is 4.69. The van der Waals surface area contributed by atoms with Crippen molar-refractivity contribution >= 4 is 35.6 Å². The molecule has 0 heterocycles. The number of anilines is 1. The molecule has 0 radical (unpaired) electrons. The van der Waals surface area contributed by atoms with Crippen molar-refractivity contribution < 1.29 is 14.3 Å². The second-order valence-corrected chi connectivity index (χ2v) is 6.61. The maximum Gasteiger partial charge on any atom is 0.255 e. The van der Waals surface area contributed by atoms with Crippen LogP contribution in [0.25, 0.3) is 0 Å². The first-order valence-corrected chi connectivity index (χ1v) is 8.29. The lowest BCUT2D eigenvalue weighted by atomic mass is 9.83. The molecule has 7 heteroatoms. The highest BCUT2D eigenvalue weighted by Gasteiger charge is 2.34. The van der Waals surface area contributed by atoms with Crippen molar-refractivity contribution in [1.29, 1.82) is 0 Å². The fraction of sp³-hybridized carbons (Fsp3) is 0.588. The van der Waals surface area contributed by atoms with E-state index in [9.17, 15) is 4.79 Å². The molecule has 0 unspecified atom stereocenters. The number of ether oxygens (including phenoxy) is 2. The van der Waals surface area contributed by atoms with E-state index in [-0.39, 0.29) is 23.7 Å². The van der Waals surface area contributed by atoms with Gasteiger partial charge in [0.25, 0.3) is 5.91 Å². The Bertz CT molecular complexity index is 561. The quantitative estimate of drug-likeness (QED) is 0.711. The van der Waals surface area contributed by atoms with Gasteiger partial charge < -0.3 is 20.5 Å². The SMILES string of the molecule is COCCC1(CNC(=O)c2cc(Cl)c(N)cc2OC)CCCC1.Cl. The van der Waals surface area contributed by atoms with Crippen LogP contribution in [0.3, 0.4) is 0 Å². The van der Waals surface area contributed by atoms with Gasteiger partial charge >= 0.3 is 0 Å². The second-order valence-electron chi connectivity index (χ2n) is 6.21. The molecule has 0 aromatic heterocycles. The van der Waals surface area contributed by atoms with Crippen molar-refractivity contribution in [3.05, 3.63) is 22.7 Å². The molecular weight excluding hydrogens is 351 g/mol. The Kier molecular flexibility index (Phi) is 8.13. The molecule has 0 atom stereocenters. The van der Waals surface area contributed by atoms with Crippen molar-refractivity contribution in [2.24, 2.45) is 5.41 Å². The summed E-state index contributed by atoms with van der Waals surface area (Å²) in [6.45, 7) is 1.35. The molecule has 1 aromatic rings. The molecule has 5 nitrogen and oxygen atoms in total. The molecule has 1 aromatic carbocycles. The Morgan fingerprint density at radius 1 is 1.33 bits per heavy atom. The highest BCUT2D eigenvalue weighted by Crippen LogP contribution is 2.40. The summed E-state index contributed by atoms with van der Waals surface area (Å²) >= 11 is 6.03. The van der Waals surface area contributed by atoms with Crippen LogP contribution in [-0.4, -0.2) is 33.3 Å². The number of nitrogens with two attached hydrogens (primary N) is 1. The summed E-state index contributed by atoms with van der Waals surface area (Å²) in [6.07, 6.45) is 5.61. The summed E-state index contributed by atoms with van der Waals surface area (Å²) < 4.78 is 10.5. The summed E-state index contributed by atoms with van der Waals surface area (Å²) in [5.41, 5.74) is 6.70. The molecule has 0 bridgehead atoms. The smallest absolute Gasteiger partial charge is 0.255 e. The highest BCUT2D eigenvalue weighted by atomic mass is 35.5. The minimum Gasteiger partial charge on any atom is -0.496 e. The fourth-order valence-corrected chi connectivity index (χ4v) is 3.40. The molecule has 1 saturated carbocycles. The normalized spacial score (nSPS) is 15.6. The van der Waals surface area contributed by atoms with Gasteiger partial charge in [-0.1, -0.05) is 24.4 Å². The van der Waals surface area contributed by atoms with Crippen LogP contribution in [0.2, 0.25) is 5.02 Å². The van der Waals surface area contributed by atoms with E-state index < -0.39 is 0 Å². The van der Waals surface area contributed by atoms with Crippen LogP contribution in [0.5, 0.6) is 5.75 Å². The molecular formula is C17H26Cl2N2O3. The number of hydrogen-bond acceptors (Lipinski definition) is 4. The number of nitrogens with one attached hydrogen (secondary N) is 1. The third kappa shape index (κ3) is 4.91. The van der Waals surface area contributed by atoms with Crippen LogP contribution in [-0.2, 0) is 4.74 Å². The number of amides is 1. The van der Waals surface area contributed by atoms with Gasteiger partial charge in [-0.2, -0.15) is 0 Å². The lowest BCUT2D eigenvalue weighted by Gasteiger charge is -2.29. The Balaban J connectivity index is 0.00000288. The number of halogens is 2. The zero-order valence-electron chi connectivity index (χ0n) is 14.2. The van der Waals surface area contributed by atoms with Crippen molar-refractivity contribution in [3.63, 3.8) is 0 Å². The van der Waals surface area contributed by atoms with Gasteiger partial charge in [0.05, 0.1) is 23.4 Å². The largest absolute Gasteiger partial charge is 0.496 e. The van der Waals surface area contributed by atoms with Gasteiger partial charge in [0.1, 0.15) is 5.75 Å². The standard InChI is InChI=1S/C17H25ClN2O3.ClH/c1-22-8-7-17(5-3-4-6-17)11-20-16(21)12-9-13(18)14(19)10-15(12)23-2;/h9-10H,3-8,11,19H2,1-2H3,(H,20,21);1H. The molecule has 1 aliphatic carbocycles.